The Hall–Kier alpha value is -3.26. The first-order valence-corrected chi connectivity index (χ1v) is 16.3. The van der Waals surface area contributed by atoms with Crippen molar-refractivity contribution in [2.75, 3.05) is 20.8 Å². The number of rotatable bonds is 13. The average molecular weight is 656 g/mol. The van der Waals surface area contributed by atoms with Crippen molar-refractivity contribution in [3.63, 3.8) is 0 Å². The smallest absolute Gasteiger partial charge is 0.229 e. The molecule has 1 saturated heterocycles. The van der Waals surface area contributed by atoms with Crippen LogP contribution in [0.3, 0.4) is 0 Å². The third kappa shape index (κ3) is 7.76. The molecule has 7 nitrogen and oxygen atoms in total. The second kappa shape index (κ2) is 15.4. The number of amides is 2. The van der Waals surface area contributed by atoms with Gasteiger partial charge in [0, 0.05) is 45.6 Å². The van der Waals surface area contributed by atoms with Crippen LogP contribution in [-0.2, 0) is 16.1 Å². The van der Waals surface area contributed by atoms with Crippen molar-refractivity contribution < 1.29 is 24.2 Å². The van der Waals surface area contributed by atoms with Gasteiger partial charge in [0.05, 0.1) is 32.8 Å². The van der Waals surface area contributed by atoms with Gasteiger partial charge in [-0.05, 0) is 73.2 Å². The maximum atomic E-state index is 14.7. The molecule has 1 heterocycles. The summed E-state index contributed by atoms with van der Waals surface area (Å²) in [4.78, 5) is 30.3. The van der Waals surface area contributed by atoms with Crippen LogP contribution >= 0.6 is 23.2 Å². The highest BCUT2D eigenvalue weighted by Gasteiger charge is 2.52. The monoisotopic (exact) mass is 654 g/mol. The van der Waals surface area contributed by atoms with Gasteiger partial charge in [0.1, 0.15) is 11.5 Å². The van der Waals surface area contributed by atoms with Crippen LogP contribution < -0.4 is 14.8 Å². The number of halogens is 2. The van der Waals surface area contributed by atoms with Gasteiger partial charge in [-0.2, -0.15) is 0 Å². The van der Waals surface area contributed by atoms with Crippen LogP contribution in [0.1, 0.15) is 75.1 Å². The van der Waals surface area contributed by atoms with E-state index in [1.807, 2.05) is 60.4 Å². The van der Waals surface area contributed by atoms with Gasteiger partial charge in [0.2, 0.25) is 11.8 Å². The molecule has 242 valence electrons. The fourth-order valence-corrected chi connectivity index (χ4v) is 7.09. The topological polar surface area (TPSA) is 88.1 Å². The summed E-state index contributed by atoms with van der Waals surface area (Å²) in [5, 5.41) is 14.7. The Balaban J connectivity index is 1.69. The largest absolute Gasteiger partial charge is 0.497 e. The minimum Gasteiger partial charge on any atom is -0.497 e. The zero-order valence-electron chi connectivity index (χ0n) is 26.7. The molecule has 0 aromatic heterocycles. The minimum atomic E-state index is -0.930. The summed E-state index contributed by atoms with van der Waals surface area (Å²) in [6.07, 6.45) is 2.22. The number of likely N-dealkylation sites (tertiary alicyclic amines) is 1. The fraction of sp³-hybridized carbons (Fsp3) is 0.444. The number of aliphatic hydroxyl groups excluding tert-OH is 1. The van der Waals surface area contributed by atoms with E-state index in [1.165, 1.54) is 0 Å². The quantitative estimate of drug-likeness (QED) is 0.198. The van der Waals surface area contributed by atoms with E-state index in [2.05, 4.69) is 25.2 Å². The average Bonchev–Trinajstić information content (AvgIpc) is 3.05. The Morgan fingerprint density at radius 1 is 1.00 bits per heavy atom. The Morgan fingerprint density at radius 2 is 1.71 bits per heavy atom. The Bertz CT molecular complexity index is 1460. The summed E-state index contributed by atoms with van der Waals surface area (Å²) >= 11 is 12.8. The molecule has 3 aromatic rings. The summed E-state index contributed by atoms with van der Waals surface area (Å²) in [6.45, 7) is 5.94. The minimum absolute atomic E-state index is 0.0162. The van der Waals surface area contributed by atoms with Gasteiger partial charge in [0.15, 0.2) is 0 Å². The number of aliphatic hydroxyl groups is 1. The van der Waals surface area contributed by atoms with Crippen molar-refractivity contribution in [1.82, 2.24) is 10.2 Å². The number of nitrogens with one attached hydrogen (secondary N) is 1. The standard InChI is InChI=1S/C36H44Cl2N2O5/c1-6-29(7-2)40-33(23-11-14-27(37)15-12-23)31(24-9-8-10-28(38)17-24)20-36(3,35(40)43)19-26(22-41)34(42)39-21-25-13-16-30(44-4)18-32(25)45-5/h8-18,26,29,31,33,41H,6-7,19-22H2,1-5H3,(H,39,42)/t26?,31-,33-,36+/m1/s1. The highest BCUT2D eigenvalue weighted by atomic mass is 35.5. The summed E-state index contributed by atoms with van der Waals surface area (Å²) in [6, 6.07) is 20.6. The molecule has 2 amide bonds. The van der Waals surface area contributed by atoms with Gasteiger partial charge in [-0.1, -0.05) is 68.2 Å². The molecule has 0 radical (unpaired) electrons. The number of piperidine rings is 1. The van der Waals surface area contributed by atoms with Crippen molar-refractivity contribution in [1.29, 1.82) is 0 Å². The van der Waals surface area contributed by atoms with E-state index in [1.54, 1.807) is 26.4 Å². The number of hydrogen-bond acceptors (Lipinski definition) is 5. The first kappa shape index (κ1) is 34.6. The molecule has 3 aromatic carbocycles. The van der Waals surface area contributed by atoms with Crippen LogP contribution in [0.15, 0.2) is 66.7 Å². The second-order valence-corrected chi connectivity index (χ2v) is 13.0. The molecular weight excluding hydrogens is 611 g/mol. The number of hydrogen-bond donors (Lipinski definition) is 2. The highest BCUT2D eigenvalue weighted by Crippen LogP contribution is 2.53. The lowest BCUT2D eigenvalue weighted by Gasteiger charge is -2.52. The molecular formula is C36H44Cl2N2O5. The number of ether oxygens (including phenoxy) is 2. The van der Waals surface area contributed by atoms with Crippen LogP contribution in [-0.4, -0.2) is 48.7 Å². The van der Waals surface area contributed by atoms with E-state index >= 15 is 0 Å². The maximum Gasteiger partial charge on any atom is 0.229 e. The Kier molecular flexibility index (Phi) is 11.8. The maximum absolute atomic E-state index is 14.7. The van der Waals surface area contributed by atoms with Gasteiger partial charge < -0.3 is 24.8 Å². The van der Waals surface area contributed by atoms with Crippen LogP contribution in [0.5, 0.6) is 11.5 Å². The number of nitrogens with zero attached hydrogens (tertiary/aromatic N) is 1. The normalized spacial score (nSPS) is 20.6. The Labute approximate surface area is 276 Å². The molecule has 0 aliphatic carbocycles. The SMILES string of the molecule is CCC(CC)N1C(=O)[C@@](C)(CC(CO)C(=O)NCc2ccc(OC)cc2OC)C[C@H](c2cccc(Cl)c2)[C@H]1c1ccc(Cl)cc1. The number of methoxy groups -OCH3 is 2. The number of carbonyl (C=O) groups is 2. The third-order valence-electron chi connectivity index (χ3n) is 9.16. The van der Waals surface area contributed by atoms with E-state index in [-0.39, 0.29) is 49.4 Å². The lowest BCUT2D eigenvalue weighted by atomic mass is 9.65. The van der Waals surface area contributed by atoms with Gasteiger partial charge in [-0.15, -0.1) is 0 Å². The van der Waals surface area contributed by atoms with Crippen LogP contribution in [0.2, 0.25) is 10.0 Å². The predicted molar refractivity (Wildman–Crippen MR) is 179 cm³/mol. The van der Waals surface area contributed by atoms with Crippen molar-refractivity contribution in [3.8, 4) is 11.5 Å². The molecule has 1 aliphatic rings. The molecule has 0 spiro atoms. The molecule has 0 saturated carbocycles. The first-order valence-electron chi connectivity index (χ1n) is 15.5. The van der Waals surface area contributed by atoms with Gasteiger partial charge in [-0.3, -0.25) is 9.59 Å². The van der Waals surface area contributed by atoms with Crippen LogP contribution in [0, 0.1) is 11.3 Å². The van der Waals surface area contributed by atoms with E-state index in [0.717, 1.165) is 29.5 Å². The zero-order valence-corrected chi connectivity index (χ0v) is 28.2. The third-order valence-corrected chi connectivity index (χ3v) is 9.65. The molecule has 2 N–H and O–H groups in total. The summed E-state index contributed by atoms with van der Waals surface area (Å²) in [5.74, 6) is -0.0109. The van der Waals surface area contributed by atoms with Gasteiger partial charge in [-0.25, -0.2) is 0 Å². The lowest BCUT2D eigenvalue weighted by molar-refractivity contribution is -0.157. The lowest BCUT2D eigenvalue weighted by Crippen LogP contribution is -2.56. The Morgan fingerprint density at radius 3 is 2.31 bits per heavy atom. The summed E-state index contributed by atoms with van der Waals surface area (Å²) in [5.41, 5.74) is 1.86. The molecule has 9 heteroatoms. The van der Waals surface area contributed by atoms with Crippen molar-refractivity contribution in [2.24, 2.45) is 11.3 Å². The van der Waals surface area contributed by atoms with Crippen molar-refractivity contribution in [3.05, 3.63) is 93.5 Å². The molecule has 1 aliphatic heterocycles. The highest BCUT2D eigenvalue weighted by molar-refractivity contribution is 6.30. The molecule has 1 unspecified atom stereocenters. The van der Waals surface area contributed by atoms with Crippen LogP contribution in [0.25, 0.3) is 0 Å². The molecule has 0 bridgehead atoms. The summed E-state index contributed by atoms with van der Waals surface area (Å²) < 4.78 is 10.8. The molecule has 1 fully saturated rings. The van der Waals surface area contributed by atoms with Crippen molar-refractivity contribution in [2.45, 2.75) is 71.0 Å². The van der Waals surface area contributed by atoms with E-state index in [0.29, 0.717) is 28.0 Å². The molecule has 4 atom stereocenters. The van der Waals surface area contributed by atoms with Gasteiger partial charge >= 0.3 is 0 Å². The predicted octanol–water partition coefficient (Wildman–Crippen LogP) is 7.58. The van der Waals surface area contributed by atoms with E-state index < -0.39 is 11.3 Å². The van der Waals surface area contributed by atoms with Gasteiger partial charge in [0.25, 0.3) is 0 Å². The second-order valence-electron chi connectivity index (χ2n) is 12.1. The number of benzene rings is 3. The van der Waals surface area contributed by atoms with E-state index in [4.69, 9.17) is 32.7 Å². The fourth-order valence-electron chi connectivity index (χ4n) is 6.76. The van der Waals surface area contributed by atoms with Crippen molar-refractivity contribution >= 4 is 35.0 Å². The van der Waals surface area contributed by atoms with E-state index in [9.17, 15) is 14.7 Å². The molecule has 4 rings (SSSR count). The molecule has 45 heavy (non-hydrogen) atoms. The first-order chi connectivity index (χ1) is 21.6. The number of carbonyl (C=O) groups excluding carboxylic acids is 2. The zero-order chi connectivity index (χ0) is 32.7. The van der Waals surface area contributed by atoms with Crippen LogP contribution in [0.4, 0.5) is 0 Å². The summed E-state index contributed by atoms with van der Waals surface area (Å²) in [7, 11) is 3.14.